The number of carboxylic acids is 1. The van der Waals surface area contributed by atoms with Crippen molar-refractivity contribution < 1.29 is 23.9 Å². The molecule has 2 aromatic heterocycles. The van der Waals surface area contributed by atoms with Gasteiger partial charge in [-0.1, -0.05) is 23.4 Å². The molecule has 5 rings (SSSR count). The standard InChI is InChI=1S/C22H18ClFN6O5S2/c1-2-29-6-11(18(31)10-3-13(24)12(23)4-14(10)29)19(32)26-16-20(33)30-17(22(34)35)9(8-37-21(16)30)7-36-15-5-25-28-27-15/h3-6,16,21H,2,7-8H2,1H3,(H,26,32)(H,34,35)(H,25,27,28)/t16?,21-/m0/s1. The molecule has 0 aliphatic carbocycles. The van der Waals surface area contributed by atoms with Crippen LogP contribution >= 0.6 is 35.1 Å². The molecule has 0 spiro atoms. The quantitative estimate of drug-likeness (QED) is 0.289. The average molecular weight is 565 g/mol. The molecule has 192 valence electrons. The van der Waals surface area contributed by atoms with Crippen LogP contribution in [0, 0.1) is 5.82 Å². The van der Waals surface area contributed by atoms with E-state index in [1.165, 1.54) is 42.0 Å². The number of aromatic amines is 1. The fourth-order valence-electron chi connectivity index (χ4n) is 4.24. The third-order valence-electron chi connectivity index (χ3n) is 6.03. The number of aliphatic carboxylic acids is 1. The summed E-state index contributed by atoms with van der Waals surface area (Å²) in [5.74, 6) is -2.83. The lowest BCUT2D eigenvalue weighted by Gasteiger charge is -2.49. The topological polar surface area (TPSA) is 150 Å². The van der Waals surface area contributed by atoms with Gasteiger partial charge < -0.3 is 15.0 Å². The number of carbonyl (C=O) groups excluding carboxylic acids is 2. The third-order valence-corrected chi connectivity index (χ3v) is 8.65. The fraction of sp³-hybridized carbons (Fsp3) is 0.273. The van der Waals surface area contributed by atoms with Crippen LogP contribution in [0.2, 0.25) is 5.02 Å². The van der Waals surface area contributed by atoms with Crippen molar-refractivity contribution in [3.63, 3.8) is 0 Å². The molecule has 3 N–H and O–H groups in total. The van der Waals surface area contributed by atoms with E-state index in [4.69, 9.17) is 11.6 Å². The summed E-state index contributed by atoms with van der Waals surface area (Å²) in [6, 6.07) is 1.28. The van der Waals surface area contributed by atoms with Crippen LogP contribution in [0.5, 0.6) is 0 Å². The number of amides is 2. The zero-order chi connectivity index (χ0) is 26.4. The summed E-state index contributed by atoms with van der Waals surface area (Å²) in [5.41, 5.74) is -0.174. The minimum absolute atomic E-state index is 0.0182. The molecule has 2 amide bonds. The van der Waals surface area contributed by atoms with Gasteiger partial charge in [0.15, 0.2) is 0 Å². The summed E-state index contributed by atoms with van der Waals surface area (Å²) >= 11 is 8.46. The fourth-order valence-corrected chi connectivity index (χ4v) is 6.67. The van der Waals surface area contributed by atoms with Gasteiger partial charge in [0.05, 0.1) is 16.7 Å². The first-order chi connectivity index (χ1) is 17.7. The smallest absolute Gasteiger partial charge is 0.352 e. The highest BCUT2D eigenvalue weighted by Crippen LogP contribution is 2.41. The zero-order valence-corrected chi connectivity index (χ0v) is 21.4. The Morgan fingerprint density at radius 1 is 1.38 bits per heavy atom. The average Bonchev–Trinajstić information content (AvgIpc) is 3.40. The molecule has 4 heterocycles. The monoisotopic (exact) mass is 564 g/mol. The number of halogens is 2. The number of hydrogen-bond acceptors (Lipinski definition) is 8. The maximum absolute atomic E-state index is 14.1. The highest BCUT2D eigenvalue weighted by Gasteiger charge is 2.54. The Hall–Kier alpha value is -3.36. The van der Waals surface area contributed by atoms with E-state index in [9.17, 15) is 28.7 Å². The van der Waals surface area contributed by atoms with Crippen molar-refractivity contribution in [2.45, 2.75) is 29.9 Å². The molecular formula is C22H18ClFN6O5S2. The zero-order valence-electron chi connectivity index (χ0n) is 19.0. The van der Waals surface area contributed by atoms with Crippen LogP contribution in [0.25, 0.3) is 10.9 Å². The van der Waals surface area contributed by atoms with Gasteiger partial charge in [-0.2, -0.15) is 10.3 Å². The molecule has 2 atom stereocenters. The molecule has 2 aliphatic rings. The molecule has 3 aromatic rings. The summed E-state index contributed by atoms with van der Waals surface area (Å²) in [6.45, 7) is 2.16. The van der Waals surface area contributed by atoms with Crippen LogP contribution in [-0.2, 0) is 16.1 Å². The van der Waals surface area contributed by atoms with Crippen LogP contribution in [0.3, 0.4) is 0 Å². The number of H-pyrrole nitrogens is 1. The number of pyridine rings is 1. The summed E-state index contributed by atoms with van der Waals surface area (Å²) < 4.78 is 15.7. The van der Waals surface area contributed by atoms with E-state index in [0.717, 1.165) is 11.0 Å². The molecule has 1 fully saturated rings. The van der Waals surface area contributed by atoms with Crippen molar-refractivity contribution >= 4 is 63.8 Å². The van der Waals surface area contributed by atoms with Gasteiger partial charge in [0.25, 0.3) is 11.8 Å². The maximum atomic E-state index is 14.1. The van der Waals surface area contributed by atoms with E-state index in [0.29, 0.717) is 34.2 Å². The number of carbonyl (C=O) groups is 3. The van der Waals surface area contributed by atoms with Gasteiger partial charge in [-0.25, -0.2) is 9.18 Å². The highest BCUT2D eigenvalue weighted by atomic mass is 35.5. The minimum atomic E-state index is -1.25. The van der Waals surface area contributed by atoms with Gasteiger partial charge >= 0.3 is 5.97 Å². The Kier molecular flexibility index (Phi) is 6.72. The van der Waals surface area contributed by atoms with Crippen LogP contribution in [0.15, 0.2) is 45.6 Å². The summed E-state index contributed by atoms with van der Waals surface area (Å²) in [4.78, 5) is 52.3. The van der Waals surface area contributed by atoms with Crippen molar-refractivity contribution in [3.8, 4) is 0 Å². The van der Waals surface area contributed by atoms with Gasteiger partial charge in [-0.3, -0.25) is 19.3 Å². The molecule has 2 aliphatic heterocycles. The number of fused-ring (bicyclic) bond motifs is 2. The number of thioether (sulfide) groups is 2. The molecule has 1 aromatic carbocycles. The van der Waals surface area contributed by atoms with E-state index in [-0.39, 0.29) is 21.7 Å². The Labute approximate surface area is 221 Å². The molecule has 11 nitrogen and oxygen atoms in total. The summed E-state index contributed by atoms with van der Waals surface area (Å²) in [5, 5.41) is 22.3. The van der Waals surface area contributed by atoms with Crippen LogP contribution in [-0.4, -0.2) is 70.7 Å². The number of β-lactam (4-membered cyclic amide) rings is 1. The van der Waals surface area contributed by atoms with Crippen molar-refractivity contribution in [3.05, 3.63) is 62.4 Å². The van der Waals surface area contributed by atoms with E-state index < -0.39 is 40.4 Å². The predicted molar refractivity (Wildman–Crippen MR) is 135 cm³/mol. The molecule has 0 radical (unpaired) electrons. The minimum Gasteiger partial charge on any atom is -0.477 e. The molecule has 0 saturated carbocycles. The lowest BCUT2D eigenvalue weighted by Crippen LogP contribution is -2.70. The summed E-state index contributed by atoms with van der Waals surface area (Å²) in [6.07, 6.45) is 2.85. The van der Waals surface area contributed by atoms with Crippen molar-refractivity contribution in [2.75, 3.05) is 11.5 Å². The highest BCUT2D eigenvalue weighted by molar-refractivity contribution is 8.01. The lowest BCUT2D eigenvalue weighted by atomic mass is 10.0. The van der Waals surface area contributed by atoms with Crippen LogP contribution < -0.4 is 10.7 Å². The third kappa shape index (κ3) is 4.38. The normalized spacial score (nSPS) is 19.1. The van der Waals surface area contributed by atoms with Crippen LogP contribution in [0.4, 0.5) is 4.39 Å². The summed E-state index contributed by atoms with van der Waals surface area (Å²) in [7, 11) is 0. The van der Waals surface area contributed by atoms with Gasteiger partial charge in [-0.05, 0) is 24.6 Å². The van der Waals surface area contributed by atoms with Crippen molar-refractivity contribution in [2.24, 2.45) is 0 Å². The SMILES string of the molecule is CCn1cc(C(=O)NC2C(=O)N3C(C(=O)O)=C(CSc4cn[nH]n4)CS[C@@H]23)c(=O)c2cc(F)c(Cl)cc21. The second-order valence-corrected chi connectivity index (χ2v) is 10.7. The van der Waals surface area contributed by atoms with Crippen molar-refractivity contribution in [1.82, 2.24) is 30.2 Å². The Morgan fingerprint density at radius 3 is 2.84 bits per heavy atom. The molecular weight excluding hydrogens is 547 g/mol. The number of benzene rings is 1. The van der Waals surface area contributed by atoms with E-state index in [1.54, 1.807) is 11.5 Å². The first-order valence-corrected chi connectivity index (χ1v) is 13.3. The first kappa shape index (κ1) is 25.3. The number of aryl methyl sites for hydroxylation is 1. The molecule has 37 heavy (non-hydrogen) atoms. The van der Waals surface area contributed by atoms with Gasteiger partial charge in [0.2, 0.25) is 5.43 Å². The molecule has 15 heteroatoms. The number of aromatic nitrogens is 4. The number of nitrogens with zero attached hydrogens (tertiary/aromatic N) is 4. The number of carboxylic acid groups (broad SMARTS) is 1. The first-order valence-electron chi connectivity index (χ1n) is 10.9. The molecule has 1 unspecified atom stereocenters. The van der Waals surface area contributed by atoms with Gasteiger partial charge in [0.1, 0.15) is 33.5 Å². The Bertz CT molecular complexity index is 1540. The lowest BCUT2D eigenvalue weighted by molar-refractivity contribution is -0.148. The largest absolute Gasteiger partial charge is 0.477 e. The van der Waals surface area contributed by atoms with E-state index in [2.05, 4.69) is 20.7 Å². The Morgan fingerprint density at radius 2 is 2.16 bits per heavy atom. The van der Waals surface area contributed by atoms with E-state index in [1.807, 2.05) is 0 Å². The molecule has 1 saturated heterocycles. The number of rotatable bonds is 7. The van der Waals surface area contributed by atoms with Crippen LogP contribution in [0.1, 0.15) is 17.3 Å². The predicted octanol–water partition coefficient (Wildman–Crippen LogP) is 2.08. The van der Waals surface area contributed by atoms with Gasteiger partial charge in [-0.15, -0.1) is 16.9 Å². The number of hydrogen-bond donors (Lipinski definition) is 3. The van der Waals surface area contributed by atoms with Gasteiger partial charge in [0, 0.05) is 29.6 Å². The Balaban J connectivity index is 1.39. The van der Waals surface area contributed by atoms with E-state index >= 15 is 0 Å². The second kappa shape index (κ2) is 9.84. The van der Waals surface area contributed by atoms with Crippen molar-refractivity contribution in [1.29, 1.82) is 0 Å². The molecule has 0 bridgehead atoms. The number of nitrogens with one attached hydrogen (secondary N) is 2. The second-order valence-electron chi connectivity index (χ2n) is 8.16. The maximum Gasteiger partial charge on any atom is 0.352 e.